The van der Waals surface area contributed by atoms with Crippen molar-refractivity contribution in [3.05, 3.63) is 47.2 Å². The molecule has 1 atom stereocenters. The number of halogens is 1. The van der Waals surface area contributed by atoms with Crippen LogP contribution in [0.25, 0.3) is 0 Å². The Balaban J connectivity index is 0.00000304. The van der Waals surface area contributed by atoms with Crippen LogP contribution in [-0.4, -0.2) is 73.2 Å². The van der Waals surface area contributed by atoms with Crippen molar-refractivity contribution in [3.8, 4) is 0 Å². The zero-order valence-electron chi connectivity index (χ0n) is 20.9. The summed E-state index contributed by atoms with van der Waals surface area (Å²) >= 11 is 0. The van der Waals surface area contributed by atoms with Gasteiger partial charge in [0.25, 0.3) is 5.91 Å². The minimum Gasteiger partial charge on any atom is -0.447 e. The molecule has 0 aliphatic carbocycles. The molecule has 3 aliphatic heterocycles. The van der Waals surface area contributed by atoms with E-state index in [2.05, 4.69) is 22.9 Å². The van der Waals surface area contributed by atoms with E-state index in [1.807, 2.05) is 24.9 Å². The number of ether oxygens (including phenoxy) is 1. The minimum absolute atomic E-state index is 0. The molecule has 36 heavy (non-hydrogen) atoms. The first-order chi connectivity index (χ1) is 16.8. The summed E-state index contributed by atoms with van der Waals surface area (Å²) in [4.78, 5) is 50.5. The van der Waals surface area contributed by atoms with Crippen LogP contribution in [0.3, 0.4) is 0 Å². The number of cyclic esters (lactones) is 1. The summed E-state index contributed by atoms with van der Waals surface area (Å²) in [5.41, 5.74) is 3.95. The highest BCUT2D eigenvalue weighted by atomic mass is 35.5. The van der Waals surface area contributed by atoms with E-state index >= 15 is 0 Å². The molecule has 1 unspecified atom stereocenters. The molecule has 5 rings (SSSR count). The molecule has 1 aromatic carbocycles. The van der Waals surface area contributed by atoms with Gasteiger partial charge in [0.05, 0.1) is 17.3 Å². The number of piperazine rings is 1. The number of amides is 3. The summed E-state index contributed by atoms with van der Waals surface area (Å²) in [7, 11) is 0. The first-order valence-corrected chi connectivity index (χ1v) is 12.2. The molecular weight excluding hydrogens is 482 g/mol. The molecule has 1 aromatic heterocycles. The van der Waals surface area contributed by atoms with E-state index in [-0.39, 0.29) is 30.3 Å². The van der Waals surface area contributed by atoms with Crippen LogP contribution in [0.1, 0.15) is 41.3 Å². The Kier molecular flexibility index (Phi) is 7.40. The van der Waals surface area contributed by atoms with Gasteiger partial charge < -0.3 is 19.4 Å². The summed E-state index contributed by atoms with van der Waals surface area (Å²) in [6, 6.07) is 7.32. The monoisotopic (exact) mass is 513 g/mol. The second kappa shape index (κ2) is 10.3. The van der Waals surface area contributed by atoms with Crippen molar-refractivity contribution in [2.24, 2.45) is 0 Å². The van der Waals surface area contributed by atoms with E-state index in [9.17, 15) is 14.4 Å². The van der Waals surface area contributed by atoms with Crippen LogP contribution in [0.15, 0.2) is 30.5 Å². The number of carbonyl (C=O) groups is 3. The van der Waals surface area contributed by atoms with Gasteiger partial charge in [-0.2, -0.15) is 0 Å². The Hall–Kier alpha value is -3.33. The van der Waals surface area contributed by atoms with E-state index in [1.54, 1.807) is 28.0 Å². The Morgan fingerprint density at radius 2 is 1.81 bits per heavy atom. The number of aromatic nitrogens is 1. The summed E-state index contributed by atoms with van der Waals surface area (Å²) in [6.07, 6.45) is 2.67. The van der Waals surface area contributed by atoms with Crippen LogP contribution in [0.5, 0.6) is 0 Å². The lowest BCUT2D eigenvalue weighted by atomic mass is 10.1. The van der Waals surface area contributed by atoms with Crippen LogP contribution in [0.2, 0.25) is 0 Å². The molecule has 0 radical (unpaired) electrons. The van der Waals surface area contributed by atoms with E-state index in [0.29, 0.717) is 62.7 Å². The van der Waals surface area contributed by atoms with Crippen molar-refractivity contribution in [3.63, 3.8) is 0 Å². The zero-order chi connectivity index (χ0) is 24.7. The Bertz CT molecular complexity index is 1180. The fraction of sp³-hybridized carbons (Fsp3) is 0.462. The van der Waals surface area contributed by atoms with Gasteiger partial charge >= 0.3 is 6.09 Å². The lowest BCUT2D eigenvalue weighted by Gasteiger charge is -2.36. The maximum Gasteiger partial charge on any atom is 0.414 e. The lowest BCUT2D eigenvalue weighted by Crippen LogP contribution is -2.49. The molecule has 3 amide bonds. The summed E-state index contributed by atoms with van der Waals surface area (Å²) in [5.74, 6) is 0.859. The van der Waals surface area contributed by atoms with Gasteiger partial charge in [0.2, 0.25) is 5.91 Å². The smallest absolute Gasteiger partial charge is 0.414 e. The molecule has 3 saturated heterocycles. The van der Waals surface area contributed by atoms with Crippen molar-refractivity contribution >= 4 is 47.5 Å². The third-order valence-corrected chi connectivity index (χ3v) is 6.99. The highest BCUT2D eigenvalue weighted by molar-refractivity contribution is 6.07. The van der Waals surface area contributed by atoms with Crippen molar-refractivity contribution in [2.45, 2.75) is 39.7 Å². The molecule has 0 spiro atoms. The van der Waals surface area contributed by atoms with Gasteiger partial charge in [-0.25, -0.2) is 9.78 Å². The SMILES string of the molecule is Cc1cnc(N2CCN(C(=O)c3ccc(N4C(=O)OCC4C)cc3N3CCCC3=O)CC2)c(C)c1.Cl. The maximum atomic E-state index is 13.6. The summed E-state index contributed by atoms with van der Waals surface area (Å²) in [6.45, 7) is 9.40. The van der Waals surface area contributed by atoms with Crippen LogP contribution in [-0.2, 0) is 9.53 Å². The highest BCUT2D eigenvalue weighted by Gasteiger charge is 2.34. The Morgan fingerprint density at radius 1 is 1.06 bits per heavy atom. The largest absolute Gasteiger partial charge is 0.447 e. The predicted octanol–water partition coefficient (Wildman–Crippen LogP) is 3.55. The first kappa shape index (κ1) is 25.8. The second-order valence-electron chi connectivity index (χ2n) is 9.58. The van der Waals surface area contributed by atoms with Crippen molar-refractivity contribution in [1.29, 1.82) is 0 Å². The maximum absolute atomic E-state index is 13.6. The molecule has 3 aliphatic rings. The second-order valence-corrected chi connectivity index (χ2v) is 9.58. The van der Waals surface area contributed by atoms with Gasteiger partial charge in [-0.1, -0.05) is 6.07 Å². The standard InChI is InChI=1S/C26H31N5O4.ClH/c1-17-13-18(2)24(27-15-17)28-9-11-29(12-10-28)25(33)21-7-6-20(31-19(3)16-35-26(31)34)14-22(21)30-8-4-5-23(30)32;/h6-7,13-15,19H,4-5,8-12,16H2,1-3H3;1H. The van der Waals surface area contributed by atoms with E-state index in [0.717, 1.165) is 23.4 Å². The number of anilines is 3. The van der Waals surface area contributed by atoms with Gasteiger partial charge in [-0.15, -0.1) is 12.4 Å². The molecule has 2 aromatic rings. The first-order valence-electron chi connectivity index (χ1n) is 12.2. The van der Waals surface area contributed by atoms with Crippen LogP contribution in [0, 0.1) is 13.8 Å². The number of aryl methyl sites for hydroxylation is 2. The molecule has 10 heteroatoms. The molecular formula is C26H32ClN5O4. The van der Waals surface area contributed by atoms with Crippen LogP contribution < -0.4 is 14.7 Å². The van der Waals surface area contributed by atoms with Gasteiger partial charge in [-0.05, 0) is 56.5 Å². The number of nitrogens with zero attached hydrogens (tertiary/aromatic N) is 5. The summed E-state index contributed by atoms with van der Waals surface area (Å²) in [5, 5.41) is 0. The van der Waals surface area contributed by atoms with Crippen LogP contribution >= 0.6 is 12.4 Å². The average Bonchev–Trinajstić information content (AvgIpc) is 3.42. The number of pyridine rings is 1. The van der Waals surface area contributed by atoms with Gasteiger partial charge in [0.15, 0.2) is 0 Å². The third-order valence-electron chi connectivity index (χ3n) is 6.99. The molecule has 4 heterocycles. The Morgan fingerprint density at radius 3 is 2.42 bits per heavy atom. The number of benzene rings is 1. The normalized spacial score (nSPS) is 20.0. The van der Waals surface area contributed by atoms with Gasteiger partial charge in [-0.3, -0.25) is 14.5 Å². The molecule has 9 nitrogen and oxygen atoms in total. The number of rotatable bonds is 4. The topological polar surface area (TPSA) is 86.3 Å². The predicted molar refractivity (Wildman–Crippen MR) is 140 cm³/mol. The Labute approximate surface area is 217 Å². The quantitative estimate of drug-likeness (QED) is 0.621. The fourth-order valence-electron chi connectivity index (χ4n) is 5.18. The average molecular weight is 514 g/mol. The number of carbonyl (C=O) groups excluding carboxylic acids is 3. The molecule has 0 N–H and O–H groups in total. The molecule has 0 bridgehead atoms. The highest BCUT2D eigenvalue weighted by Crippen LogP contribution is 2.33. The molecule has 0 saturated carbocycles. The van der Waals surface area contributed by atoms with Crippen molar-refractivity contribution < 1.29 is 19.1 Å². The van der Waals surface area contributed by atoms with Crippen molar-refractivity contribution in [2.75, 3.05) is 54.0 Å². The van der Waals surface area contributed by atoms with Gasteiger partial charge in [0.1, 0.15) is 12.4 Å². The zero-order valence-corrected chi connectivity index (χ0v) is 21.7. The van der Waals surface area contributed by atoms with Crippen molar-refractivity contribution in [1.82, 2.24) is 9.88 Å². The third kappa shape index (κ3) is 4.72. The van der Waals surface area contributed by atoms with E-state index in [4.69, 9.17) is 4.74 Å². The molecule has 3 fully saturated rings. The van der Waals surface area contributed by atoms with Gasteiger partial charge in [0, 0.05) is 51.0 Å². The fourth-order valence-corrected chi connectivity index (χ4v) is 5.18. The minimum atomic E-state index is -0.411. The number of hydrogen-bond acceptors (Lipinski definition) is 6. The van der Waals surface area contributed by atoms with E-state index in [1.165, 1.54) is 0 Å². The molecule has 192 valence electrons. The lowest BCUT2D eigenvalue weighted by molar-refractivity contribution is -0.117. The summed E-state index contributed by atoms with van der Waals surface area (Å²) < 4.78 is 5.17. The van der Waals surface area contributed by atoms with E-state index < -0.39 is 6.09 Å². The number of hydrogen-bond donors (Lipinski definition) is 0. The van der Waals surface area contributed by atoms with Crippen LogP contribution in [0.4, 0.5) is 22.0 Å².